The molecule has 1 amide bonds. The first-order valence-electron chi connectivity index (χ1n) is 8.03. The van der Waals surface area contributed by atoms with Crippen LogP contribution in [0, 0.1) is 5.92 Å². The molecule has 0 unspecified atom stereocenters. The minimum atomic E-state index is -0.678. The predicted octanol–water partition coefficient (Wildman–Crippen LogP) is 1.88. The maximum Gasteiger partial charge on any atom is 0.411 e. The molecule has 1 heterocycles. The minimum Gasteiger partial charge on any atom is -0.467 e. The van der Waals surface area contributed by atoms with Crippen LogP contribution < -0.4 is 0 Å². The Morgan fingerprint density at radius 1 is 1.21 bits per heavy atom. The van der Waals surface area contributed by atoms with Gasteiger partial charge in [0.25, 0.3) is 0 Å². The van der Waals surface area contributed by atoms with Crippen molar-refractivity contribution >= 4 is 12.1 Å². The minimum absolute atomic E-state index is 0.0294. The number of aliphatic hydroxyl groups is 1. The van der Waals surface area contributed by atoms with E-state index >= 15 is 0 Å². The molecule has 6 nitrogen and oxygen atoms in total. The van der Waals surface area contributed by atoms with E-state index in [9.17, 15) is 14.7 Å². The van der Waals surface area contributed by atoms with Crippen LogP contribution in [-0.2, 0) is 20.9 Å². The van der Waals surface area contributed by atoms with E-state index in [1.165, 1.54) is 12.0 Å². The first-order valence-corrected chi connectivity index (χ1v) is 8.03. The lowest BCUT2D eigenvalue weighted by Gasteiger charge is -2.32. The van der Waals surface area contributed by atoms with E-state index in [-0.39, 0.29) is 18.6 Å². The third-order valence-electron chi connectivity index (χ3n) is 4.64. The van der Waals surface area contributed by atoms with E-state index in [0.29, 0.717) is 12.8 Å². The van der Waals surface area contributed by atoms with Crippen molar-refractivity contribution in [2.45, 2.75) is 37.6 Å². The summed E-state index contributed by atoms with van der Waals surface area (Å²) >= 11 is 0. The molecule has 1 aromatic carbocycles. The topological polar surface area (TPSA) is 76.1 Å². The van der Waals surface area contributed by atoms with Crippen molar-refractivity contribution < 1.29 is 24.2 Å². The molecular weight excluding hydrogens is 310 g/mol. The number of nitrogens with zero attached hydrogens (tertiary/aromatic N) is 1. The number of likely N-dealkylation sites (tertiary alicyclic amines) is 1. The number of benzene rings is 1. The van der Waals surface area contributed by atoms with Gasteiger partial charge in [0, 0.05) is 12.0 Å². The second-order valence-electron chi connectivity index (χ2n) is 6.14. The maximum atomic E-state index is 12.6. The van der Waals surface area contributed by atoms with E-state index in [2.05, 4.69) is 0 Å². The Bertz CT molecular complexity index is 630. The molecule has 0 spiro atoms. The number of rotatable bonds is 3. The van der Waals surface area contributed by atoms with Gasteiger partial charge in [-0.3, -0.25) is 4.90 Å². The molecule has 2 aliphatic rings. The predicted molar refractivity (Wildman–Crippen MR) is 85.9 cm³/mol. The zero-order valence-electron chi connectivity index (χ0n) is 13.5. The zero-order valence-corrected chi connectivity index (χ0v) is 13.5. The fraction of sp³-hybridized carbons (Fsp3) is 0.444. The average molecular weight is 331 g/mol. The van der Waals surface area contributed by atoms with E-state index in [1.807, 2.05) is 36.4 Å². The fourth-order valence-electron chi connectivity index (χ4n) is 3.46. The van der Waals surface area contributed by atoms with Gasteiger partial charge in [-0.15, -0.1) is 0 Å². The Kier molecular flexibility index (Phi) is 4.85. The molecule has 0 bridgehead atoms. The zero-order chi connectivity index (χ0) is 17.1. The quantitative estimate of drug-likeness (QED) is 0.676. The largest absolute Gasteiger partial charge is 0.467 e. The number of carbonyl (C=O) groups excluding carboxylic acids is 2. The first kappa shape index (κ1) is 16.5. The standard InChI is InChI=1S/C18H21NO5/c1-23-17(21)16-9-13-7-8-14(20)10-15(13)19(16)18(22)24-11-12-5-3-2-4-6-12/h2-8,13-16,20H,9-11H2,1H3/t13-,14+,15+,16-/m0/s1. The van der Waals surface area contributed by atoms with Gasteiger partial charge >= 0.3 is 12.1 Å². The number of amides is 1. The molecular formula is C18H21NO5. The number of methoxy groups -OCH3 is 1. The highest BCUT2D eigenvalue weighted by Crippen LogP contribution is 2.37. The average Bonchev–Trinajstić information content (AvgIpc) is 2.98. The fourth-order valence-corrected chi connectivity index (χ4v) is 3.46. The van der Waals surface area contributed by atoms with Gasteiger partial charge in [0.05, 0.1) is 13.2 Å². The highest BCUT2D eigenvalue weighted by atomic mass is 16.6. The lowest BCUT2D eigenvalue weighted by atomic mass is 9.89. The van der Waals surface area contributed by atoms with E-state index in [4.69, 9.17) is 9.47 Å². The molecule has 128 valence electrons. The Hall–Kier alpha value is -2.34. The number of ether oxygens (including phenoxy) is 2. The van der Waals surface area contributed by atoms with Crippen molar-refractivity contribution in [3.05, 3.63) is 48.0 Å². The van der Waals surface area contributed by atoms with Crippen LogP contribution in [0.1, 0.15) is 18.4 Å². The summed E-state index contributed by atoms with van der Waals surface area (Å²) in [7, 11) is 1.31. The molecule has 0 radical (unpaired) electrons. The van der Waals surface area contributed by atoms with Crippen molar-refractivity contribution in [3.8, 4) is 0 Å². The summed E-state index contributed by atoms with van der Waals surface area (Å²) in [6, 6.07) is 8.43. The van der Waals surface area contributed by atoms with Crippen molar-refractivity contribution in [1.29, 1.82) is 0 Å². The lowest BCUT2D eigenvalue weighted by Crippen LogP contribution is -2.47. The number of hydrogen-bond acceptors (Lipinski definition) is 5. The molecule has 1 fully saturated rings. The summed E-state index contributed by atoms with van der Waals surface area (Å²) in [5, 5.41) is 9.86. The number of carbonyl (C=O) groups is 2. The first-order chi connectivity index (χ1) is 11.6. The second kappa shape index (κ2) is 7.05. The van der Waals surface area contributed by atoms with Gasteiger partial charge in [-0.2, -0.15) is 0 Å². The van der Waals surface area contributed by atoms with Crippen LogP contribution in [-0.4, -0.2) is 47.4 Å². The third kappa shape index (κ3) is 3.28. The van der Waals surface area contributed by atoms with Gasteiger partial charge in [0.15, 0.2) is 0 Å². The number of esters is 1. The monoisotopic (exact) mass is 331 g/mol. The van der Waals surface area contributed by atoms with Crippen LogP contribution in [0.3, 0.4) is 0 Å². The molecule has 1 aliphatic carbocycles. The number of hydrogen-bond donors (Lipinski definition) is 1. The van der Waals surface area contributed by atoms with Crippen LogP contribution in [0.25, 0.3) is 0 Å². The molecule has 24 heavy (non-hydrogen) atoms. The highest BCUT2D eigenvalue weighted by Gasteiger charge is 2.48. The lowest BCUT2D eigenvalue weighted by molar-refractivity contribution is -0.145. The van der Waals surface area contributed by atoms with Crippen molar-refractivity contribution in [1.82, 2.24) is 4.90 Å². The van der Waals surface area contributed by atoms with Crippen LogP contribution in [0.15, 0.2) is 42.5 Å². The second-order valence-corrected chi connectivity index (χ2v) is 6.14. The Labute approximate surface area is 140 Å². The van der Waals surface area contributed by atoms with E-state index in [1.54, 1.807) is 6.08 Å². The summed E-state index contributed by atoms with van der Waals surface area (Å²) in [6.45, 7) is 0.139. The summed E-state index contributed by atoms with van der Waals surface area (Å²) in [6.07, 6.45) is 3.31. The summed E-state index contributed by atoms with van der Waals surface area (Å²) in [5.74, 6) is -0.425. The molecule has 6 heteroatoms. The van der Waals surface area contributed by atoms with Crippen LogP contribution in [0.2, 0.25) is 0 Å². The molecule has 1 aromatic rings. The maximum absolute atomic E-state index is 12.6. The molecule has 1 N–H and O–H groups in total. The van der Waals surface area contributed by atoms with Gasteiger partial charge < -0.3 is 14.6 Å². The summed E-state index contributed by atoms with van der Waals surface area (Å²) < 4.78 is 10.2. The van der Waals surface area contributed by atoms with Crippen molar-refractivity contribution in [2.24, 2.45) is 5.92 Å². The highest BCUT2D eigenvalue weighted by molar-refractivity contribution is 5.82. The molecule has 0 saturated carbocycles. The van der Waals surface area contributed by atoms with E-state index < -0.39 is 24.2 Å². The SMILES string of the molecule is COC(=O)[C@@H]1C[C@@H]2C=C[C@@H](O)C[C@H]2N1C(=O)OCc1ccccc1. The Morgan fingerprint density at radius 3 is 2.67 bits per heavy atom. The van der Waals surface area contributed by atoms with Gasteiger partial charge in [-0.05, 0) is 18.4 Å². The van der Waals surface area contributed by atoms with Crippen LogP contribution in [0.5, 0.6) is 0 Å². The van der Waals surface area contributed by atoms with Crippen molar-refractivity contribution in [2.75, 3.05) is 7.11 Å². The Morgan fingerprint density at radius 2 is 1.96 bits per heavy atom. The van der Waals surface area contributed by atoms with Gasteiger partial charge in [0.2, 0.25) is 0 Å². The molecule has 1 saturated heterocycles. The van der Waals surface area contributed by atoms with Crippen LogP contribution in [0.4, 0.5) is 4.79 Å². The number of fused-ring (bicyclic) bond motifs is 1. The normalized spacial score (nSPS) is 28.3. The van der Waals surface area contributed by atoms with Gasteiger partial charge in [-0.1, -0.05) is 42.5 Å². The van der Waals surface area contributed by atoms with Crippen LogP contribution >= 0.6 is 0 Å². The van der Waals surface area contributed by atoms with Gasteiger partial charge in [-0.25, -0.2) is 9.59 Å². The molecule has 1 aliphatic heterocycles. The summed E-state index contributed by atoms with van der Waals surface area (Å²) in [4.78, 5) is 26.1. The Balaban J connectivity index is 1.74. The summed E-state index contributed by atoms with van der Waals surface area (Å²) in [5.41, 5.74) is 0.875. The number of aliphatic hydroxyl groups excluding tert-OH is 1. The molecule has 4 atom stereocenters. The van der Waals surface area contributed by atoms with Crippen molar-refractivity contribution in [3.63, 3.8) is 0 Å². The van der Waals surface area contributed by atoms with Gasteiger partial charge in [0.1, 0.15) is 12.6 Å². The molecule has 3 rings (SSSR count). The van der Waals surface area contributed by atoms with E-state index in [0.717, 1.165) is 5.56 Å². The molecule has 0 aromatic heterocycles. The third-order valence-corrected chi connectivity index (χ3v) is 4.64. The smallest absolute Gasteiger partial charge is 0.411 e.